The van der Waals surface area contributed by atoms with Crippen molar-refractivity contribution >= 4 is 22.3 Å². The van der Waals surface area contributed by atoms with Crippen LogP contribution in [0.25, 0.3) is 21.7 Å². The van der Waals surface area contributed by atoms with Crippen molar-refractivity contribution < 1.29 is 4.42 Å². The van der Waals surface area contributed by atoms with Crippen LogP contribution in [0.5, 0.6) is 0 Å². The Bertz CT molecular complexity index is 732. The Kier molecular flexibility index (Phi) is 3.59. The zero-order valence-corrected chi connectivity index (χ0v) is 13.7. The van der Waals surface area contributed by atoms with Gasteiger partial charge in [-0.15, -0.1) is 11.3 Å². The summed E-state index contributed by atoms with van der Waals surface area (Å²) in [5, 5.41) is 5.31. The summed E-state index contributed by atoms with van der Waals surface area (Å²) in [5.41, 5.74) is 2.10. The molecule has 0 aliphatic heterocycles. The lowest BCUT2D eigenvalue weighted by atomic mass is 9.91. The highest BCUT2D eigenvalue weighted by molar-refractivity contribution is 7.15. The smallest absolute Gasteiger partial charge is 0.164 e. The molecule has 1 aromatic carbocycles. The Hall–Kier alpha value is -1.65. The number of hydrogen-bond acceptors (Lipinski definition) is 4. The molecule has 0 spiro atoms. The van der Waals surface area contributed by atoms with E-state index < -0.39 is 0 Å². The minimum absolute atomic E-state index is 0.0347. The van der Waals surface area contributed by atoms with E-state index in [4.69, 9.17) is 9.40 Å². The first kappa shape index (κ1) is 14.3. The third-order valence-corrected chi connectivity index (χ3v) is 4.45. The average Bonchev–Trinajstić information content (AvgIpc) is 3.01. The van der Waals surface area contributed by atoms with Crippen LogP contribution in [-0.2, 0) is 12.0 Å². The summed E-state index contributed by atoms with van der Waals surface area (Å²) in [5.74, 6) is 0.856. The van der Waals surface area contributed by atoms with Crippen LogP contribution in [0.3, 0.4) is 0 Å². The van der Waals surface area contributed by atoms with Crippen molar-refractivity contribution in [2.24, 2.45) is 0 Å². The first-order valence-electron chi connectivity index (χ1n) is 7.13. The summed E-state index contributed by atoms with van der Waals surface area (Å²) in [6.45, 7) is 7.43. The molecule has 21 heavy (non-hydrogen) atoms. The number of nitrogens with one attached hydrogen (secondary N) is 1. The molecule has 0 aliphatic rings. The van der Waals surface area contributed by atoms with Crippen LogP contribution in [0, 0.1) is 0 Å². The maximum atomic E-state index is 5.94. The topological polar surface area (TPSA) is 38.1 Å². The predicted molar refractivity (Wildman–Crippen MR) is 88.8 cm³/mol. The maximum absolute atomic E-state index is 5.94. The molecule has 2 aromatic heterocycles. The molecule has 110 valence electrons. The van der Waals surface area contributed by atoms with Crippen molar-refractivity contribution in [3.63, 3.8) is 0 Å². The number of para-hydroxylation sites is 1. The zero-order chi connectivity index (χ0) is 15.0. The highest BCUT2D eigenvalue weighted by Crippen LogP contribution is 2.36. The van der Waals surface area contributed by atoms with Gasteiger partial charge in [0.05, 0.1) is 5.69 Å². The molecule has 4 heteroatoms. The number of nitrogens with zero attached hydrogens (tertiary/aromatic N) is 1. The van der Waals surface area contributed by atoms with Gasteiger partial charge in [0.15, 0.2) is 10.8 Å². The van der Waals surface area contributed by atoms with E-state index in [-0.39, 0.29) is 5.41 Å². The number of rotatable bonds is 3. The summed E-state index contributed by atoms with van der Waals surface area (Å²) in [6, 6.07) is 10.1. The van der Waals surface area contributed by atoms with Gasteiger partial charge >= 0.3 is 0 Å². The summed E-state index contributed by atoms with van der Waals surface area (Å²) in [7, 11) is 1.97. The average molecular weight is 300 g/mol. The van der Waals surface area contributed by atoms with Gasteiger partial charge in [0.2, 0.25) is 0 Å². The minimum Gasteiger partial charge on any atom is -0.454 e. The highest BCUT2D eigenvalue weighted by atomic mass is 32.1. The molecule has 0 unspecified atom stereocenters. The molecular weight excluding hydrogens is 280 g/mol. The molecular formula is C17H20N2OS. The Morgan fingerprint density at radius 2 is 2.00 bits per heavy atom. The second-order valence-electron chi connectivity index (χ2n) is 6.22. The van der Waals surface area contributed by atoms with Crippen LogP contribution in [0.2, 0.25) is 0 Å². The summed E-state index contributed by atoms with van der Waals surface area (Å²) >= 11 is 1.71. The molecule has 2 heterocycles. The normalized spacial score (nSPS) is 12.2. The van der Waals surface area contributed by atoms with Crippen LogP contribution in [-0.4, -0.2) is 12.0 Å². The first-order valence-corrected chi connectivity index (χ1v) is 7.94. The second kappa shape index (κ2) is 5.28. The van der Waals surface area contributed by atoms with Crippen LogP contribution in [0.1, 0.15) is 31.3 Å². The molecule has 3 nitrogen and oxygen atoms in total. The fraction of sp³-hybridized carbons (Fsp3) is 0.353. The van der Waals surface area contributed by atoms with Crippen molar-refractivity contribution in [2.75, 3.05) is 7.05 Å². The van der Waals surface area contributed by atoms with Crippen molar-refractivity contribution in [2.45, 2.75) is 32.7 Å². The van der Waals surface area contributed by atoms with E-state index in [1.807, 2.05) is 25.2 Å². The summed E-state index contributed by atoms with van der Waals surface area (Å²) in [4.78, 5) is 6.13. The van der Waals surface area contributed by atoms with Crippen molar-refractivity contribution in [3.8, 4) is 10.8 Å². The van der Waals surface area contributed by atoms with Gasteiger partial charge in [-0.2, -0.15) is 0 Å². The molecule has 0 radical (unpaired) electrons. The standard InChI is InChI=1S/C17H20N2OS/c1-17(2,3)15-14(10-18-4)21-16(19-15)13-9-11-7-5-6-8-12(11)20-13/h5-9,18H,10H2,1-4H3. The van der Waals surface area contributed by atoms with Gasteiger partial charge in [0.25, 0.3) is 0 Å². The van der Waals surface area contributed by atoms with Gasteiger partial charge < -0.3 is 9.73 Å². The molecule has 0 saturated heterocycles. The van der Waals surface area contributed by atoms with Gasteiger partial charge in [-0.25, -0.2) is 4.98 Å². The quantitative estimate of drug-likeness (QED) is 0.769. The monoisotopic (exact) mass is 300 g/mol. The SMILES string of the molecule is CNCc1sc(-c2cc3ccccc3o2)nc1C(C)(C)C. The first-order chi connectivity index (χ1) is 9.99. The van der Waals surface area contributed by atoms with Crippen LogP contribution in [0.15, 0.2) is 34.7 Å². The zero-order valence-electron chi connectivity index (χ0n) is 12.9. The van der Waals surface area contributed by atoms with E-state index in [0.29, 0.717) is 0 Å². The second-order valence-corrected chi connectivity index (χ2v) is 7.30. The number of benzene rings is 1. The molecule has 0 atom stereocenters. The molecule has 0 amide bonds. The molecule has 0 bridgehead atoms. The Morgan fingerprint density at radius 1 is 1.24 bits per heavy atom. The molecule has 0 fully saturated rings. The van der Waals surface area contributed by atoms with E-state index in [2.05, 4.69) is 38.2 Å². The lowest BCUT2D eigenvalue weighted by molar-refractivity contribution is 0.562. The number of fused-ring (bicyclic) bond motifs is 1. The number of aromatic nitrogens is 1. The lowest BCUT2D eigenvalue weighted by Crippen LogP contribution is -2.16. The fourth-order valence-electron chi connectivity index (χ4n) is 2.41. The van der Waals surface area contributed by atoms with Gasteiger partial charge in [-0.3, -0.25) is 0 Å². The number of hydrogen-bond donors (Lipinski definition) is 1. The molecule has 0 saturated carbocycles. The van der Waals surface area contributed by atoms with Crippen LogP contribution >= 0.6 is 11.3 Å². The Labute approximate surface area is 129 Å². The minimum atomic E-state index is 0.0347. The third-order valence-electron chi connectivity index (χ3n) is 3.38. The van der Waals surface area contributed by atoms with Gasteiger partial charge in [-0.1, -0.05) is 39.0 Å². The molecule has 3 rings (SSSR count). The Morgan fingerprint density at radius 3 is 2.67 bits per heavy atom. The summed E-state index contributed by atoms with van der Waals surface area (Å²) < 4.78 is 5.94. The molecule has 0 aliphatic carbocycles. The summed E-state index contributed by atoms with van der Waals surface area (Å²) in [6.07, 6.45) is 0. The maximum Gasteiger partial charge on any atom is 0.164 e. The fourth-order valence-corrected chi connectivity index (χ4v) is 3.65. The van der Waals surface area contributed by atoms with E-state index in [0.717, 1.165) is 34.0 Å². The van der Waals surface area contributed by atoms with E-state index >= 15 is 0 Å². The van der Waals surface area contributed by atoms with Gasteiger partial charge in [-0.05, 0) is 19.2 Å². The van der Waals surface area contributed by atoms with Gasteiger partial charge in [0, 0.05) is 22.2 Å². The predicted octanol–water partition coefficient (Wildman–Crippen LogP) is 4.57. The molecule has 1 N–H and O–H groups in total. The van der Waals surface area contributed by atoms with Crippen LogP contribution < -0.4 is 5.32 Å². The van der Waals surface area contributed by atoms with Crippen molar-refractivity contribution in [3.05, 3.63) is 40.9 Å². The van der Waals surface area contributed by atoms with E-state index in [9.17, 15) is 0 Å². The number of furan rings is 1. The van der Waals surface area contributed by atoms with E-state index in [1.54, 1.807) is 11.3 Å². The largest absolute Gasteiger partial charge is 0.454 e. The van der Waals surface area contributed by atoms with E-state index in [1.165, 1.54) is 4.88 Å². The van der Waals surface area contributed by atoms with Crippen molar-refractivity contribution in [1.82, 2.24) is 10.3 Å². The highest BCUT2D eigenvalue weighted by Gasteiger charge is 2.24. The van der Waals surface area contributed by atoms with Crippen molar-refractivity contribution in [1.29, 1.82) is 0 Å². The third kappa shape index (κ3) is 2.74. The lowest BCUT2D eigenvalue weighted by Gasteiger charge is -2.17. The van der Waals surface area contributed by atoms with Gasteiger partial charge in [0.1, 0.15) is 5.58 Å². The number of thiazole rings is 1. The van der Waals surface area contributed by atoms with Crippen LogP contribution in [0.4, 0.5) is 0 Å². The Balaban J connectivity index is 2.09. The molecule has 3 aromatic rings.